The van der Waals surface area contributed by atoms with Gasteiger partial charge in [0.05, 0.1) is 16.8 Å². The quantitative estimate of drug-likeness (QED) is 0.520. The Kier molecular flexibility index (Phi) is 6.98. The summed E-state index contributed by atoms with van der Waals surface area (Å²) in [4.78, 5) is 24.8. The third-order valence-electron chi connectivity index (χ3n) is 8.06. The largest absolute Gasteiger partial charge is 0.376 e. The van der Waals surface area contributed by atoms with Crippen LogP contribution >= 0.6 is 0 Å². The minimum Gasteiger partial charge on any atom is -0.376 e. The zero-order valence-corrected chi connectivity index (χ0v) is 21.8. The summed E-state index contributed by atoms with van der Waals surface area (Å²) >= 11 is 0. The number of hydrogen-bond acceptors (Lipinski definition) is 5. The lowest BCUT2D eigenvalue weighted by molar-refractivity contribution is -0.125. The smallest absolute Gasteiger partial charge is 0.226 e. The molecule has 0 bridgehead atoms. The number of carbonyl (C=O) groups excluding carboxylic acids is 1. The molecule has 6 nitrogen and oxygen atoms in total. The van der Waals surface area contributed by atoms with Crippen molar-refractivity contribution in [3.63, 3.8) is 0 Å². The number of carbonyl (C=O) groups is 1. The maximum Gasteiger partial charge on any atom is 0.226 e. The van der Waals surface area contributed by atoms with Gasteiger partial charge in [0.1, 0.15) is 0 Å². The van der Waals surface area contributed by atoms with Crippen molar-refractivity contribution in [2.45, 2.75) is 63.9 Å². The Hall–Kier alpha value is -2.99. The summed E-state index contributed by atoms with van der Waals surface area (Å²) in [5.41, 5.74) is 3.20. The summed E-state index contributed by atoms with van der Waals surface area (Å²) in [6.45, 7) is 9.44. The lowest BCUT2D eigenvalue weighted by atomic mass is 9.67. The van der Waals surface area contributed by atoms with Gasteiger partial charge in [-0.1, -0.05) is 48.5 Å². The van der Waals surface area contributed by atoms with E-state index in [-0.39, 0.29) is 22.8 Å². The highest BCUT2D eigenvalue weighted by Crippen LogP contribution is 2.43. The first-order valence-corrected chi connectivity index (χ1v) is 13.3. The van der Waals surface area contributed by atoms with Crippen molar-refractivity contribution >= 4 is 22.8 Å². The van der Waals surface area contributed by atoms with Gasteiger partial charge < -0.3 is 15.0 Å². The van der Waals surface area contributed by atoms with Crippen LogP contribution in [0, 0.1) is 12.8 Å². The number of para-hydroxylation sites is 1. The number of fused-ring (bicyclic) bond motifs is 1. The summed E-state index contributed by atoms with van der Waals surface area (Å²) in [5.74, 6) is 0.999. The molecule has 0 radical (unpaired) electrons. The number of ether oxygens (including phenoxy) is 1. The van der Waals surface area contributed by atoms with Crippen molar-refractivity contribution in [3.05, 3.63) is 65.9 Å². The van der Waals surface area contributed by atoms with Crippen LogP contribution in [0.2, 0.25) is 0 Å². The predicted octanol–water partition coefficient (Wildman–Crippen LogP) is 5.19. The second kappa shape index (κ2) is 10.2. The molecule has 2 aliphatic rings. The van der Waals surface area contributed by atoms with E-state index < -0.39 is 0 Å². The Morgan fingerprint density at radius 3 is 2.53 bits per heavy atom. The molecule has 190 valence electrons. The van der Waals surface area contributed by atoms with E-state index in [1.807, 2.05) is 25.1 Å². The number of anilines is 1. The predicted molar refractivity (Wildman–Crippen MR) is 144 cm³/mol. The minimum absolute atomic E-state index is 0.0327. The molecule has 3 aromatic rings. The summed E-state index contributed by atoms with van der Waals surface area (Å²) in [7, 11) is 0. The number of rotatable bonds is 6. The maximum atomic E-state index is 13.1. The highest BCUT2D eigenvalue weighted by molar-refractivity contribution is 5.82. The number of aromatic nitrogens is 2. The second-order valence-electron chi connectivity index (χ2n) is 11.1. The van der Waals surface area contributed by atoms with Crippen LogP contribution in [0.4, 0.5) is 5.95 Å². The molecule has 1 atom stereocenters. The molecular formula is C30H38N4O2. The number of benzene rings is 2. The van der Waals surface area contributed by atoms with E-state index in [0.29, 0.717) is 6.54 Å². The number of hydrogen-bond donors (Lipinski definition) is 1. The van der Waals surface area contributed by atoms with Crippen molar-refractivity contribution in [1.82, 2.24) is 15.3 Å². The number of piperidine rings is 1. The Balaban J connectivity index is 1.18. The van der Waals surface area contributed by atoms with Gasteiger partial charge in [0, 0.05) is 43.0 Å². The van der Waals surface area contributed by atoms with Gasteiger partial charge in [-0.2, -0.15) is 0 Å². The monoisotopic (exact) mass is 486 g/mol. The fraction of sp³-hybridized carbons (Fsp3) is 0.500. The van der Waals surface area contributed by atoms with E-state index in [9.17, 15) is 4.79 Å². The van der Waals surface area contributed by atoms with Crippen molar-refractivity contribution in [2.24, 2.45) is 5.92 Å². The van der Waals surface area contributed by atoms with E-state index in [1.165, 1.54) is 5.56 Å². The molecule has 2 fully saturated rings. The average molecular weight is 487 g/mol. The summed E-state index contributed by atoms with van der Waals surface area (Å²) in [5, 5.41) is 4.37. The second-order valence-corrected chi connectivity index (χ2v) is 11.1. The van der Waals surface area contributed by atoms with Gasteiger partial charge in [0.2, 0.25) is 11.9 Å². The third kappa shape index (κ3) is 5.24. The Labute approximate surface area is 214 Å². The highest BCUT2D eigenvalue weighted by Gasteiger charge is 2.41. The summed E-state index contributed by atoms with van der Waals surface area (Å²) < 4.78 is 6.04. The molecule has 36 heavy (non-hydrogen) atoms. The van der Waals surface area contributed by atoms with E-state index >= 15 is 0 Å². The van der Waals surface area contributed by atoms with E-state index in [0.717, 1.165) is 74.3 Å². The number of nitrogens with zero attached hydrogens (tertiary/aromatic N) is 3. The number of aryl methyl sites for hydroxylation is 1. The number of amides is 1. The third-order valence-corrected chi connectivity index (χ3v) is 8.06. The molecule has 3 heterocycles. The molecule has 1 N–H and O–H groups in total. The fourth-order valence-electron chi connectivity index (χ4n) is 6.15. The zero-order chi connectivity index (χ0) is 25.2. The van der Waals surface area contributed by atoms with Gasteiger partial charge in [-0.15, -0.1) is 0 Å². The van der Waals surface area contributed by atoms with Gasteiger partial charge in [-0.25, -0.2) is 9.97 Å². The first-order valence-electron chi connectivity index (χ1n) is 13.3. The fourth-order valence-corrected chi connectivity index (χ4v) is 6.15. The van der Waals surface area contributed by atoms with Gasteiger partial charge in [0.25, 0.3) is 0 Å². The number of nitrogens with one attached hydrogen (secondary N) is 1. The molecule has 0 unspecified atom stereocenters. The highest BCUT2D eigenvalue weighted by atomic mass is 16.5. The van der Waals surface area contributed by atoms with Crippen LogP contribution in [0.15, 0.2) is 54.6 Å². The Morgan fingerprint density at radius 1 is 1.06 bits per heavy atom. The molecule has 1 aromatic heterocycles. The van der Waals surface area contributed by atoms with Crippen LogP contribution < -0.4 is 10.2 Å². The molecule has 2 aromatic carbocycles. The van der Waals surface area contributed by atoms with Gasteiger partial charge in [0.15, 0.2) is 0 Å². The minimum atomic E-state index is -0.159. The van der Waals surface area contributed by atoms with Crippen LogP contribution in [0.3, 0.4) is 0 Å². The van der Waals surface area contributed by atoms with Crippen molar-refractivity contribution in [1.29, 1.82) is 0 Å². The first kappa shape index (κ1) is 24.7. The molecule has 5 rings (SSSR count). The van der Waals surface area contributed by atoms with Gasteiger partial charge >= 0.3 is 0 Å². The summed E-state index contributed by atoms with van der Waals surface area (Å²) in [6.07, 6.45) is 4.53. The Morgan fingerprint density at radius 2 is 1.78 bits per heavy atom. The van der Waals surface area contributed by atoms with Crippen LogP contribution in [-0.2, 0) is 14.9 Å². The van der Waals surface area contributed by atoms with Crippen LogP contribution in [-0.4, -0.2) is 47.7 Å². The van der Waals surface area contributed by atoms with E-state index in [2.05, 4.69) is 60.5 Å². The molecule has 0 aliphatic carbocycles. The Bertz CT molecular complexity index is 1200. The maximum absolute atomic E-state index is 13.1. The van der Waals surface area contributed by atoms with Crippen molar-refractivity contribution in [3.8, 4) is 0 Å². The van der Waals surface area contributed by atoms with Gasteiger partial charge in [-0.3, -0.25) is 4.79 Å². The van der Waals surface area contributed by atoms with Crippen molar-refractivity contribution in [2.75, 3.05) is 31.1 Å². The molecule has 6 heteroatoms. The normalized spacial score (nSPS) is 22.5. The molecule has 0 saturated carbocycles. The SMILES string of the molecule is Cc1nc(N2CCC(C(=O)NCC[C@]3(c4ccccc4)CCOC(C)(C)C3)CC2)nc2ccccc12. The molecule has 2 saturated heterocycles. The standard InChI is InChI=1S/C30H38N4O2/c1-22-25-11-7-8-12-26(25)33-28(32-22)34-18-13-23(14-19-34)27(35)31-17-15-30(24-9-5-4-6-10-24)16-20-36-29(2,3)21-30/h4-12,23H,13-21H2,1-3H3,(H,31,35)/t30-/m0/s1. The van der Waals surface area contributed by atoms with Crippen molar-refractivity contribution < 1.29 is 9.53 Å². The molecule has 0 spiro atoms. The van der Waals surface area contributed by atoms with Crippen LogP contribution in [0.1, 0.15) is 57.2 Å². The first-order chi connectivity index (χ1) is 17.4. The van der Waals surface area contributed by atoms with E-state index in [1.54, 1.807) is 0 Å². The lowest BCUT2D eigenvalue weighted by Crippen LogP contribution is -2.46. The van der Waals surface area contributed by atoms with Crippen LogP contribution in [0.25, 0.3) is 10.9 Å². The summed E-state index contributed by atoms with van der Waals surface area (Å²) in [6, 6.07) is 18.9. The molecular weight excluding hydrogens is 448 g/mol. The average Bonchev–Trinajstić information content (AvgIpc) is 2.89. The molecule has 1 amide bonds. The topological polar surface area (TPSA) is 67.4 Å². The van der Waals surface area contributed by atoms with Gasteiger partial charge in [-0.05, 0) is 64.5 Å². The van der Waals surface area contributed by atoms with E-state index in [4.69, 9.17) is 14.7 Å². The molecule has 2 aliphatic heterocycles. The lowest BCUT2D eigenvalue weighted by Gasteiger charge is -2.45. The van der Waals surface area contributed by atoms with Crippen LogP contribution in [0.5, 0.6) is 0 Å². The zero-order valence-electron chi connectivity index (χ0n) is 21.8.